The molecule has 0 aliphatic carbocycles. The molecule has 1 atom stereocenters. The van der Waals surface area contributed by atoms with Gasteiger partial charge < -0.3 is 0 Å². The van der Waals surface area contributed by atoms with Crippen molar-refractivity contribution in [1.29, 1.82) is 0 Å². The molecule has 1 heterocycles. The first-order valence-electron chi connectivity index (χ1n) is 7.92. The fraction of sp³-hybridized carbons (Fsp3) is 0.263. The minimum absolute atomic E-state index is 0.0554. The van der Waals surface area contributed by atoms with E-state index < -0.39 is 23.5 Å². The molecule has 2 nitrogen and oxygen atoms in total. The van der Waals surface area contributed by atoms with Gasteiger partial charge in [-0.15, -0.1) is 0 Å². The maximum Gasteiger partial charge on any atom is 0.428 e. The largest absolute Gasteiger partial charge is 0.428 e. The highest BCUT2D eigenvalue weighted by Gasteiger charge is 2.59. The van der Waals surface area contributed by atoms with Crippen molar-refractivity contribution in [3.8, 4) is 0 Å². The van der Waals surface area contributed by atoms with Crippen LogP contribution in [0.5, 0.6) is 0 Å². The summed E-state index contributed by atoms with van der Waals surface area (Å²) in [6, 6.07) is 8.28. The molecule has 2 aromatic rings. The number of benzene rings is 2. The van der Waals surface area contributed by atoms with Crippen LogP contribution in [-0.2, 0) is 16.6 Å². The third-order valence-electron chi connectivity index (χ3n) is 4.26. The van der Waals surface area contributed by atoms with Crippen LogP contribution in [0.1, 0.15) is 27.8 Å². The Morgan fingerprint density at radius 1 is 0.852 bits per heavy atom. The maximum atomic E-state index is 13.9. The van der Waals surface area contributed by atoms with E-state index in [0.717, 1.165) is 30.3 Å². The van der Waals surface area contributed by atoms with E-state index in [4.69, 9.17) is 4.84 Å². The van der Waals surface area contributed by atoms with E-state index in [-0.39, 0.29) is 16.8 Å². The summed E-state index contributed by atoms with van der Waals surface area (Å²) in [6.07, 6.45) is -8.46. The molecule has 0 fully saturated rings. The standard InChI is InChI=1S/C19H15F6NO/c1-11-7-12(2)9-15(8-11)17(19(23,24)25)10-16(26-27-17)13-3-5-14(6-4-13)18(20,21)22/h3-10,26H,1-2H3. The summed E-state index contributed by atoms with van der Waals surface area (Å²) in [4.78, 5) is 4.98. The molecule has 8 heteroatoms. The number of nitrogens with one attached hydrogen (secondary N) is 1. The quantitative estimate of drug-likeness (QED) is 0.672. The van der Waals surface area contributed by atoms with Crippen LogP contribution in [0.4, 0.5) is 26.3 Å². The van der Waals surface area contributed by atoms with E-state index in [0.29, 0.717) is 11.1 Å². The third kappa shape index (κ3) is 3.53. The van der Waals surface area contributed by atoms with Gasteiger partial charge in [0.25, 0.3) is 0 Å². The van der Waals surface area contributed by atoms with Gasteiger partial charge in [-0.1, -0.05) is 41.5 Å². The van der Waals surface area contributed by atoms with Gasteiger partial charge in [0.1, 0.15) is 0 Å². The highest BCUT2D eigenvalue weighted by molar-refractivity contribution is 5.67. The van der Waals surface area contributed by atoms with E-state index in [2.05, 4.69) is 5.48 Å². The third-order valence-corrected chi connectivity index (χ3v) is 4.26. The van der Waals surface area contributed by atoms with Crippen molar-refractivity contribution in [2.24, 2.45) is 0 Å². The van der Waals surface area contributed by atoms with Crippen molar-refractivity contribution >= 4 is 5.70 Å². The normalized spacial score (nSPS) is 20.4. The lowest BCUT2D eigenvalue weighted by Gasteiger charge is -2.29. The molecule has 3 rings (SSSR count). The summed E-state index contributed by atoms with van der Waals surface area (Å²) in [6.45, 7) is 3.34. The molecule has 144 valence electrons. The van der Waals surface area contributed by atoms with Gasteiger partial charge in [-0.2, -0.15) is 26.3 Å². The smallest absolute Gasteiger partial charge is 0.265 e. The molecular formula is C19H15F6NO. The lowest BCUT2D eigenvalue weighted by molar-refractivity contribution is -0.269. The Balaban J connectivity index is 2.07. The van der Waals surface area contributed by atoms with Crippen molar-refractivity contribution in [1.82, 2.24) is 5.48 Å². The second kappa shape index (κ2) is 6.30. The predicted molar refractivity (Wildman–Crippen MR) is 87.3 cm³/mol. The molecule has 0 aromatic heterocycles. The SMILES string of the molecule is Cc1cc(C)cc(C2(C(F)(F)F)C=C(c3ccc(C(F)(F)F)cc3)NO2)c1. The van der Waals surface area contributed by atoms with Crippen molar-refractivity contribution in [3.63, 3.8) is 0 Å². The maximum absolute atomic E-state index is 13.9. The molecule has 0 saturated heterocycles. The number of hydrogen-bond donors (Lipinski definition) is 1. The average molecular weight is 387 g/mol. The van der Waals surface area contributed by atoms with Crippen LogP contribution >= 0.6 is 0 Å². The van der Waals surface area contributed by atoms with Crippen molar-refractivity contribution in [2.75, 3.05) is 0 Å². The average Bonchev–Trinajstić information content (AvgIpc) is 3.00. The molecule has 1 aliphatic heterocycles. The molecule has 1 N–H and O–H groups in total. The van der Waals surface area contributed by atoms with Crippen LogP contribution in [0.2, 0.25) is 0 Å². The molecule has 27 heavy (non-hydrogen) atoms. The minimum atomic E-state index is -4.78. The first kappa shape index (κ1) is 19.3. The van der Waals surface area contributed by atoms with Crippen LogP contribution in [0.3, 0.4) is 0 Å². The Bertz CT molecular complexity index is 862. The Hall–Kier alpha value is -2.48. The molecule has 0 spiro atoms. The molecule has 0 bridgehead atoms. The summed E-state index contributed by atoms with van der Waals surface area (Å²) in [7, 11) is 0. The van der Waals surface area contributed by atoms with Crippen molar-refractivity contribution in [3.05, 3.63) is 76.4 Å². The topological polar surface area (TPSA) is 21.3 Å². The molecular weight excluding hydrogens is 372 g/mol. The van der Waals surface area contributed by atoms with E-state index in [1.165, 1.54) is 12.1 Å². The number of hydrogen-bond acceptors (Lipinski definition) is 2. The molecule has 0 saturated carbocycles. The van der Waals surface area contributed by atoms with E-state index in [9.17, 15) is 26.3 Å². The molecule has 1 aliphatic rings. The number of halogens is 6. The zero-order valence-corrected chi connectivity index (χ0v) is 14.3. The van der Waals surface area contributed by atoms with Gasteiger partial charge in [-0.3, -0.25) is 10.3 Å². The van der Waals surface area contributed by atoms with E-state index in [1.54, 1.807) is 19.9 Å². The number of alkyl halides is 6. The van der Waals surface area contributed by atoms with Crippen LogP contribution in [0.25, 0.3) is 5.70 Å². The lowest BCUT2D eigenvalue weighted by Crippen LogP contribution is -2.42. The van der Waals surface area contributed by atoms with E-state index >= 15 is 0 Å². The zero-order valence-electron chi connectivity index (χ0n) is 14.3. The summed E-state index contributed by atoms with van der Waals surface area (Å²) in [5, 5.41) is 0. The number of aryl methyl sites for hydroxylation is 2. The fourth-order valence-corrected chi connectivity index (χ4v) is 3.01. The molecule has 1 unspecified atom stereocenters. The summed E-state index contributed by atoms with van der Waals surface area (Å²) >= 11 is 0. The van der Waals surface area contributed by atoms with Gasteiger partial charge >= 0.3 is 12.4 Å². The summed E-state index contributed by atoms with van der Waals surface area (Å²) in [5.41, 5.74) is -0.143. The molecule has 0 amide bonds. The van der Waals surface area contributed by atoms with Crippen LogP contribution in [-0.4, -0.2) is 6.18 Å². The monoisotopic (exact) mass is 387 g/mol. The first-order chi connectivity index (χ1) is 12.4. The zero-order chi connectivity index (χ0) is 20.0. The van der Waals surface area contributed by atoms with Crippen molar-refractivity contribution in [2.45, 2.75) is 31.8 Å². The van der Waals surface area contributed by atoms with Gasteiger partial charge in [-0.05, 0) is 37.6 Å². The molecule has 0 radical (unpaired) electrons. The van der Waals surface area contributed by atoms with Gasteiger partial charge in [0.05, 0.1) is 11.3 Å². The summed E-state index contributed by atoms with van der Waals surface area (Å²) < 4.78 is 79.8. The highest BCUT2D eigenvalue weighted by atomic mass is 19.4. The van der Waals surface area contributed by atoms with Gasteiger partial charge in [0.15, 0.2) is 0 Å². The molecule has 2 aromatic carbocycles. The Morgan fingerprint density at radius 2 is 1.41 bits per heavy atom. The van der Waals surface area contributed by atoms with Gasteiger partial charge in [0, 0.05) is 5.56 Å². The van der Waals surface area contributed by atoms with Crippen molar-refractivity contribution < 1.29 is 31.2 Å². The number of rotatable bonds is 2. The van der Waals surface area contributed by atoms with Crippen LogP contribution in [0.15, 0.2) is 48.5 Å². The van der Waals surface area contributed by atoms with Crippen LogP contribution < -0.4 is 5.48 Å². The van der Waals surface area contributed by atoms with Crippen LogP contribution in [0, 0.1) is 13.8 Å². The first-order valence-corrected chi connectivity index (χ1v) is 7.92. The number of hydroxylamine groups is 1. The highest BCUT2D eigenvalue weighted by Crippen LogP contribution is 2.47. The fourth-order valence-electron chi connectivity index (χ4n) is 3.01. The van der Waals surface area contributed by atoms with Gasteiger partial charge in [-0.25, -0.2) is 0 Å². The Labute approximate surface area is 151 Å². The lowest BCUT2D eigenvalue weighted by atomic mass is 9.89. The second-order valence-electron chi connectivity index (χ2n) is 6.45. The minimum Gasteiger partial charge on any atom is -0.265 e. The Kier molecular flexibility index (Phi) is 4.50. The summed E-state index contributed by atoms with van der Waals surface area (Å²) in [5.74, 6) is 0. The van der Waals surface area contributed by atoms with Gasteiger partial charge in [0.2, 0.25) is 5.60 Å². The van der Waals surface area contributed by atoms with E-state index in [1.807, 2.05) is 0 Å². The predicted octanol–water partition coefficient (Wildman–Crippen LogP) is 5.66. The Morgan fingerprint density at radius 3 is 1.89 bits per heavy atom. The second-order valence-corrected chi connectivity index (χ2v) is 6.45.